The van der Waals surface area contributed by atoms with Crippen LogP contribution in [-0.2, 0) is 27.1 Å². The van der Waals surface area contributed by atoms with Gasteiger partial charge in [0.2, 0.25) is 0 Å². The van der Waals surface area contributed by atoms with Crippen molar-refractivity contribution in [1.82, 2.24) is 9.97 Å². The Balaban J connectivity index is 0.000000181. The average Bonchev–Trinajstić information content (AvgIpc) is 1.13. The van der Waals surface area contributed by atoms with E-state index in [2.05, 4.69) is 30.4 Å². The molecule has 6 aliphatic heterocycles. The number of thiophene rings is 2. The number of pyridine rings is 2. The topological polar surface area (TPSA) is 243 Å². The van der Waals surface area contributed by atoms with E-state index in [-0.39, 0.29) is 64.8 Å². The molecule has 4 aromatic heterocycles. The van der Waals surface area contributed by atoms with Gasteiger partial charge in [0.25, 0.3) is 23.6 Å². The van der Waals surface area contributed by atoms with Crippen molar-refractivity contribution >= 4 is 92.6 Å². The van der Waals surface area contributed by atoms with Crippen LogP contribution in [0.15, 0.2) is 146 Å². The predicted molar refractivity (Wildman–Crippen MR) is 342 cm³/mol. The van der Waals surface area contributed by atoms with Crippen LogP contribution in [0.5, 0.6) is 0 Å². The van der Waals surface area contributed by atoms with Crippen LogP contribution in [-0.4, -0.2) is 128 Å². The third kappa shape index (κ3) is 12.7. The predicted octanol–water partition coefficient (Wildman–Crippen LogP) is 8.47. The van der Waals surface area contributed by atoms with E-state index in [9.17, 15) is 33.9 Å². The molecule has 0 atom stereocenters. The van der Waals surface area contributed by atoms with Crippen molar-refractivity contribution in [2.75, 3.05) is 103 Å². The van der Waals surface area contributed by atoms with E-state index < -0.39 is 5.97 Å². The Morgan fingerprint density at radius 2 is 0.978 bits per heavy atom. The molecule has 8 aromatic rings. The SMILES string of the molecule is CCOC(=O)c1cc2c(s1)-c1ccccc1N(C(=O)c1ccc(NC(=O)c3cccnc3N3CC4(CCOCC4)C3)cc1)CC2.O=C(O)c1cc2c(s1)-c1ccccc1N(C(=O)c1ccc(NC(=O)c3cccnc3N3CC4(CCOCC4)C3)cc1)CC2.[Li+].[OH-]. The summed E-state index contributed by atoms with van der Waals surface area (Å²) in [6, 6.07) is 40.0. The zero-order valence-corrected chi connectivity index (χ0v) is 51.6. The molecule has 4 N–H and O–H groups in total. The summed E-state index contributed by atoms with van der Waals surface area (Å²) in [4.78, 5) is 98.0. The maximum Gasteiger partial charge on any atom is 1.00 e. The van der Waals surface area contributed by atoms with Crippen LogP contribution in [0.1, 0.15) is 105 Å². The first-order valence-corrected chi connectivity index (χ1v) is 31.4. The van der Waals surface area contributed by atoms with E-state index in [1.54, 1.807) is 108 Å². The molecule has 14 rings (SSSR count). The Morgan fingerprint density at radius 1 is 0.567 bits per heavy atom. The Morgan fingerprint density at radius 3 is 1.40 bits per heavy atom. The number of carboxylic acid groups (broad SMARTS) is 1. The number of nitrogens with one attached hydrogen (secondary N) is 2. The van der Waals surface area contributed by atoms with E-state index >= 15 is 0 Å². The largest absolute Gasteiger partial charge is 1.00 e. The molecule has 10 heterocycles. The second kappa shape index (κ2) is 26.9. The molecule has 4 saturated heterocycles. The molecular formula is C68H65LiN8O11S2. The number of carboxylic acids is 1. The molecule has 90 heavy (non-hydrogen) atoms. The minimum Gasteiger partial charge on any atom is -0.870 e. The standard InChI is InChI=1S/C35H34N4O5S.C33H30N4O5S.Li.H2O/c1-2-44-34(42)29-20-24-13-17-39(28-8-4-3-6-26(28)30(24)45-29)33(41)23-9-11-25(12-10-23)37-32(40)27-7-5-16-36-31(27)38-21-35(22-38)14-18-43-19-15-35;38-30(25-5-3-14-34-29(25)36-19-33(20-36)12-16-42-17-13-33)35-23-9-7-21(8-10-23)31(39)37-15-11-22-18-27(32(40)41)43-28(22)24-4-1-2-6-26(24)37;;/h3-12,16,20H,2,13-15,17-19,21-22H2,1H3,(H,37,40);1-10,14,18H,11-13,15-17,19-20H2,(H,35,38)(H,40,41);;1H2/q;;+1;/p-1. The summed E-state index contributed by atoms with van der Waals surface area (Å²) >= 11 is 2.64. The Kier molecular flexibility index (Phi) is 18.8. The fourth-order valence-corrected chi connectivity index (χ4v) is 15.1. The van der Waals surface area contributed by atoms with Crippen molar-refractivity contribution in [3.05, 3.63) is 189 Å². The number of esters is 1. The van der Waals surface area contributed by atoms with E-state index in [0.717, 1.165) is 122 Å². The van der Waals surface area contributed by atoms with Gasteiger partial charge in [-0.25, -0.2) is 19.6 Å². The number of benzene rings is 4. The van der Waals surface area contributed by atoms with Crippen molar-refractivity contribution < 1.29 is 72.4 Å². The van der Waals surface area contributed by atoms with E-state index in [1.807, 2.05) is 54.6 Å². The van der Waals surface area contributed by atoms with Crippen LogP contribution in [0.25, 0.3) is 20.9 Å². The fourth-order valence-electron chi connectivity index (χ4n) is 12.8. The van der Waals surface area contributed by atoms with Gasteiger partial charge in [0, 0.05) is 132 Å². The van der Waals surface area contributed by atoms with E-state index in [1.165, 1.54) is 22.7 Å². The summed E-state index contributed by atoms with van der Waals surface area (Å²) < 4.78 is 16.3. The number of hydrogen-bond acceptors (Lipinski definition) is 16. The number of amides is 4. The molecule has 456 valence electrons. The number of carbonyl (C=O) groups excluding carboxylic acids is 5. The summed E-state index contributed by atoms with van der Waals surface area (Å²) in [7, 11) is 0. The van der Waals surface area contributed by atoms with Crippen molar-refractivity contribution in [3.63, 3.8) is 0 Å². The van der Waals surface area contributed by atoms with Gasteiger partial charge in [-0.3, -0.25) is 19.2 Å². The monoisotopic (exact) mass is 1240 g/mol. The quantitative estimate of drug-likeness (QED) is 0.0812. The van der Waals surface area contributed by atoms with Gasteiger partial charge in [0.05, 0.1) is 29.1 Å². The Hall–Kier alpha value is -8.52. The molecule has 0 radical (unpaired) electrons. The number of fused-ring (bicyclic) bond motifs is 6. The van der Waals surface area contributed by atoms with Crippen molar-refractivity contribution in [2.24, 2.45) is 10.8 Å². The average molecular weight is 1240 g/mol. The van der Waals surface area contributed by atoms with Gasteiger partial charge in [-0.1, -0.05) is 36.4 Å². The minimum absolute atomic E-state index is 0. The number of carbonyl (C=O) groups is 6. The molecular weight excluding hydrogens is 1180 g/mol. The molecule has 0 saturated carbocycles. The number of hydrogen-bond donors (Lipinski definition) is 3. The molecule has 0 aliphatic carbocycles. The first kappa shape index (κ1) is 63.1. The van der Waals surface area contributed by atoms with Crippen molar-refractivity contribution in [2.45, 2.75) is 45.4 Å². The number of para-hydroxylation sites is 2. The van der Waals surface area contributed by atoms with Gasteiger partial charge >= 0.3 is 30.8 Å². The normalized spacial score (nSPS) is 16.4. The van der Waals surface area contributed by atoms with Crippen LogP contribution < -0.4 is 49.1 Å². The van der Waals surface area contributed by atoms with Gasteiger partial charge in [-0.2, -0.15) is 0 Å². The molecule has 6 aliphatic rings. The van der Waals surface area contributed by atoms with Gasteiger partial charge in [-0.05, 0) is 154 Å². The number of rotatable bonds is 11. The molecule has 0 unspecified atom stereocenters. The summed E-state index contributed by atoms with van der Waals surface area (Å²) in [5.41, 5.74) is 9.03. The van der Waals surface area contributed by atoms with E-state index in [0.29, 0.717) is 87.6 Å². The summed E-state index contributed by atoms with van der Waals surface area (Å²) in [6.45, 7) is 9.67. The molecule has 4 fully saturated rings. The van der Waals surface area contributed by atoms with Gasteiger partial charge in [0.1, 0.15) is 21.4 Å². The maximum atomic E-state index is 13.8. The molecule has 19 nitrogen and oxygen atoms in total. The van der Waals surface area contributed by atoms with Gasteiger partial charge in [-0.15, -0.1) is 22.7 Å². The zero-order chi connectivity index (χ0) is 60.5. The van der Waals surface area contributed by atoms with Gasteiger partial charge in [0.15, 0.2) is 0 Å². The summed E-state index contributed by atoms with van der Waals surface area (Å²) in [5, 5.41) is 15.5. The number of ether oxygens (including phenoxy) is 3. The zero-order valence-electron chi connectivity index (χ0n) is 49.9. The van der Waals surface area contributed by atoms with Crippen molar-refractivity contribution in [3.8, 4) is 20.9 Å². The molecule has 4 aromatic carbocycles. The van der Waals surface area contributed by atoms with Gasteiger partial charge < -0.3 is 55.0 Å². The van der Waals surface area contributed by atoms with E-state index in [4.69, 9.17) is 14.2 Å². The first-order valence-electron chi connectivity index (χ1n) is 29.7. The number of aromatic carboxylic acids is 1. The second-order valence-electron chi connectivity index (χ2n) is 23.2. The van der Waals surface area contributed by atoms with Crippen molar-refractivity contribution in [1.29, 1.82) is 0 Å². The number of aromatic nitrogens is 2. The molecule has 22 heteroatoms. The second-order valence-corrected chi connectivity index (χ2v) is 25.3. The maximum absolute atomic E-state index is 13.8. The Labute approximate surface area is 540 Å². The Bertz CT molecular complexity index is 4000. The summed E-state index contributed by atoms with van der Waals surface area (Å²) in [5.74, 6) is -0.655. The third-order valence-corrected chi connectivity index (χ3v) is 19.9. The molecule has 2 spiro atoms. The number of anilines is 6. The minimum atomic E-state index is -0.945. The number of nitrogens with zero attached hydrogens (tertiary/aromatic N) is 6. The van der Waals surface area contributed by atoms with Crippen LogP contribution >= 0.6 is 22.7 Å². The van der Waals surface area contributed by atoms with Crippen LogP contribution in [0.2, 0.25) is 0 Å². The first-order chi connectivity index (χ1) is 42.8. The smallest absolute Gasteiger partial charge is 0.870 e. The van der Waals surface area contributed by atoms with Crippen LogP contribution in [0, 0.1) is 10.8 Å². The summed E-state index contributed by atoms with van der Waals surface area (Å²) in [6.07, 6.45) is 8.74. The molecule has 0 bridgehead atoms. The third-order valence-electron chi connectivity index (χ3n) is 17.5. The van der Waals surface area contributed by atoms with Crippen LogP contribution in [0.4, 0.5) is 34.4 Å². The van der Waals surface area contributed by atoms with Crippen LogP contribution in [0.3, 0.4) is 0 Å². The fraction of sp³-hybridized carbons (Fsp3) is 0.294. The molecule has 4 amide bonds.